The van der Waals surface area contributed by atoms with Crippen LogP contribution in [0.5, 0.6) is 5.75 Å². The number of aromatic nitrogens is 5. The van der Waals surface area contributed by atoms with Crippen LogP contribution in [0.1, 0.15) is 5.82 Å². The minimum atomic E-state index is -4.76. The summed E-state index contributed by atoms with van der Waals surface area (Å²) in [6.45, 7) is 0.108. The largest absolute Gasteiger partial charge is 0.573 e. The minimum Gasteiger partial charge on any atom is -0.406 e. The average molecular weight is 391 g/mol. The van der Waals surface area contributed by atoms with Crippen molar-refractivity contribution in [2.75, 3.05) is 0 Å². The predicted octanol–water partition coefficient (Wildman–Crippen LogP) is 2.73. The lowest BCUT2D eigenvalue weighted by Gasteiger charge is -2.09. The summed E-state index contributed by atoms with van der Waals surface area (Å²) in [6.07, 6.45) is -3.25. The Labute approximate surface area is 154 Å². The summed E-state index contributed by atoms with van der Waals surface area (Å²) in [5, 5.41) is 7.70. The third-order valence-corrected chi connectivity index (χ3v) is 4.00. The molecule has 11 heteroatoms. The molecular formula is C17H12F3N5O3. The molecule has 0 fully saturated rings. The Morgan fingerprint density at radius 3 is 2.54 bits per heavy atom. The second-order valence-corrected chi connectivity index (χ2v) is 5.90. The summed E-state index contributed by atoms with van der Waals surface area (Å²) >= 11 is 0. The molecule has 4 aromatic rings. The first kappa shape index (κ1) is 17.8. The zero-order valence-corrected chi connectivity index (χ0v) is 14.3. The van der Waals surface area contributed by atoms with Crippen LogP contribution < -0.4 is 10.5 Å². The molecule has 1 aromatic carbocycles. The van der Waals surface area contributed by atoms with Crippen LogP contribution in [0.25, 0.3) is 22.5 Å². The van der Waals surface area contributed by atoms with Gasteiger partial charge in [0.15, 0.2) is 17.1 Å². The van der Waals surface area contributed by atoms with Gasteiger partial charge in [-0.2, -0.15) is 0 Å². The number of halogens is 3. The summed E-state index contributed by atoms with van der Waals surface area (Å²) in [6, 6.07) is 8.46. The van der Waals surface area contributed by atoms with E-state index in [1.807, 2.05) is 0 Å². The molecule has 0 unspecified atom stereocenters. The third-order valence-electron chi connectivity index (χ3n) is 4.00. The molecule has 3 aromatic heterocycles. The lowest BCUT2D eigenvalue weighted by atomic mass is 10.1. The highest BCUT2D eigenvalue weighted by Crippen LogP contribution is 2.26. The normalized spacial score (nSPS) is 11.9. The maximum atomic E-state index is 12.3. The van der Waals surface area contributed by atoms with Crippen molar-refractivity contribution < 1.29 is 22.3 Å². The van der Waals surface area contributed by atoms with E-state index in [-0.39, 0.29) is 17.9 Å². The van der Waals surface area contributed by atoms with Crippen molar-refractivity contribution in [3.8, 4) is 17.0 Å². The van der Waals surface area contributed by atoms with Gasteiger partial charge in [-0.05, 0) is 36.4 Å². The molecule has 0 aliphatic heterocycles. The number of ether oxygens (including phenoxy) is 1. The van der Waals surface area contributed by atoms with Crippen molar-refractivity contribution in [2.45, 2.75) is 12.9 Å². The molecule has 4 rings (SSSR count). The van der Waals surface area contributed by atoms with Crippen molar-refractivity contribution in [2.24, 2.45) is 7.05 Å². The summed E-state index contributed by atoms with van der Waals surface area (Å²) in [4.78, 5) is 16.6. The summed E-state index contributed by atoms with van der Waals surface area (Å²) in [5.74, 6) is -0.401. The third kappa shape index (κ3) is 3.46. The van der Waals surface area contributed by atoms with Crippen LogP contribution in [0.15, 0.2) is 51.9 Å². The van der Waals surface area contributed by atoms with Gasteiger partial charge in [0.1, 0.15) is 12.1 Å². The SMILES string of the molecule is Cn1cnnc1Cn1c(=O)oc2ccc(-c3ccc(OC(F)(F)F)cc3)nc21. The number of rotatable bonds is 4. The number of hydrogen-bond acceptors (Lipinski definition) is 6. The molecule has 0 bridgehead atoms. The van der Waals surface area contributed by atoms with E-state index in [9.17, 15) is 18.0 Å². The topological polar surface area (TPSA) is 88.0 Å². The fourth-order valence-corrected chi connectivity index (χ4v) is 2.66. The number of pyridine rings is 1. The Hall–Kier alpha value is -3.63. The zero-order chi connectivity index (χ0) is 19.9. The maximum Gasteiger partial charge on any atom is 0.573 e. The van der Waals surface area contributed by atoms with Crippen LogP contribution in [-0.4, -0.2) is 30.7 Å². The Balaban J connectivity index is 1.70. The zero-order valence-electron chi connectivity index (χ0n) is 14.3. The van der Waals surface area contributed by atoms with Crippen molar-refractivity contribution in [1.82, 2.24) is 24.3 Å². The van der Waals surface area contributed by atoms with E-state index >= 15 is 0 Å². The number of hydrogen-bond donors (Lipinski definition) is 0. The van der Waals surface area contributed by atoms with Crippen molar-refractivity contribution >= 4 is 11.2 Å². The average Bonchev–Trinajstić information content (AvgIpc) is 3.17. The van der Waals surface area contributed by atoms with E-state index in [1.54, 1.807) is 23.7 Å². The van der Waals surface area contributed by atoms with E-state index in [1.165, 1.54) is 35.2 Å². The standard InChI is InChI=1S/C17H12F3N5O3/c1-24-9-21-23-14(24)8-25-15-13(27-16(25)26)7-6-12(22-15)10-2-4-11(5-3-10)28-17(18,19)20/h2-7,9H,8H2,1H3. The molecule has 28 heavy (non-hydrogen) atoms. The molecule has 0 amide bonds. The summed E-state index contributed by atoms with van der Waals surface area (Å²) < 4.78 is 48.9. The highest BCUT2D eigenvalue weighted by atomic mass is 19.4. The van der Waals surface area contributed by atoms with Gasteiger partial charge in [0.05, 0.1) is 12.2 Å². The molecule has 0 aliphatic carbocycles. The molecule has 0 N–H and O–H groups in total. The first-order valence-electron chi connectivity index (χ1n) is 7.99. The van der Waals surface area contributed by atoms with Gasteiger partial charge in [0.25, 0.3) is 0 Å². The van der Waals surface area contributed by atoms with Gasteiger partial charge < -0.3 is 13.7 Å². The van der Waals surface area contributed by atoms with Gasteiger partial charge in [-0.25, -0.2) is 9.78 Å². The first-order valence-corrected chi connectivity index (χ1v) is 7.99. The molecule has 0 aliphatic rings. The molecular weight excluding hydrogens is 379 g/mol. The van der Waals surface area contributed by atoms with Crippen LogP contribution in [-0.2, 0) is 13.6 Å². The fraction of sp³-hybridized carbons (Fsp3) is 0.176. The van der Waals surface area contributed by atoms with Gasteiger partial charge in [-0.15, -0.1) is 23.4 Å². The van der Waals surface area contributed by atoms with Crippen LogP contribution in [0.4, 0.5) is 13.2 Å². The summed E-state index contributed by atoms with van der Waals surface area (Å²) in [5.41, 5.74) is 1.59. The van der Waals surface area contributed by atoms with Gasteiger partial charge in [-0.1, -0.05) is 0 Å². The van der Waals surface area contributed by atoms with Gasteiger partial charge >= 0.3 is 12.1 Å². The van der Waals surface area contributed by atoms with E-state index < -0.39 is 12.1 Å². The molecule has 0 atom stereocenters. The monoisotopic (exact) mass is 391 g/mol. The van der Waals surface area contributed by atoms with Crippen molar-refractivity contribution in [3.05, 3.63) is 59.1 Å². The van der Waals surface area contributed by atoms with Gasteiger partial charge in [0, 0.05) is 12.6 Å². The molecule has 3 heterocycles. The quantitative estimate of drug-likeness (QED) is 0.532. The van der Waals surface area contributed by atoms with Crippen molar-refractivity contribution in [1.29, 1.82) is 0 Å². The highest BCUT2D eigenvalue weighted by molar-refractivity contribution is 5.73. The van der Waals surface area contributed by atoms with Crippen LogP contribution in [0.3, 0.4) is 0 Å². The Kier molecular flexibility index (Phi) is 4.13. The fourth-order valence-electron chi connectivity index (χ4n) is 2.66. The Morgan fingerprint density at radius 2 is 1.89 bits per heavy atom. The first-order chi connectivity index (χ1) is 13.3. The highest BCUT2D eigenvalue weighted by Gasteiger charge is 2.31. The van der Waals surface area contributed by atoms with Gasteiger partial charge in [0.2, 0.25) is 0 Å². The van der Waals surface area contributed by atoms with E-state index in [0.29, 0.717) is 22.7 Å². The molecule has 144 valence electrons. The lowest BCUT2D eigenvalue weighted by Crippen LogP contribution is -2.17. The Morgan fingerprint density at radius 1 is 1.14 bits per heavy atom. The van der Waals surface area contributed by atoms with E-state index in [4.69, 9.17) is 4.42 Å². The second kappa shape index (κ2) is 6.51. The second-order valence-electron chi connectivity index (χ2n) is 5.90. The van der Waals surface area contributed by atoms with Crippen LogP contribution >= 0.6 is 0 Å². The van der Waals surface area contributed by atoms with Crippen molar-refractivity contribution in [3.63, 3.8) is 0 Å². The van der Waals surface area contributed by atoms with Crippen LogP contribution in [0, 0.1) is 0 Å². The summed E-state index contributed by atoms with van der Waals surface area (Å²) in [7, 11) is 1.74. The minimum absolute atomic E-state index is 0.108. The smallest absolute Gasteiger partial charge is 0.406 e. The number of alkyl halides is 3. The molecule has 0 saturated heterocycles. The molecule has 0 spiro atoms. The number of aryl methyl sites for hydroxylation is 1. The predicted molar refractivity (Wildman–Crippen MR) is 90.5 cm³/mol. The maximum absolute atomic E-state index is 12.3. The number of oxazole rings is 1. The van der Waals surface area contributed by atoms with E-state index in [0.717, 1.165) is 0 Å². The lowest BCUT2D eigenvalue weighted by molar-refractivity contribution is -0.274. The number of nitrogens with zero attached hydrogens (tertiary/aromatic N) is 5. The number of fused-ring (bicyclic) bond motifs is 1. The Bertz CT molecular complexity index is 1190. The molecule has 8 nitrogen and oxygen atoms in total. The van der Waals surface area contributed by atoms with Crippen LogP contribution in [0.2, 0.25) is 0 Å². The molecule has 0 radical (unpaired) electrons. The van der Waals surface area contributed by atoms with Gasteiger partial charge in [-0.3, -0.25) is 4.57 Å². The molecule has 0 saturated carbocycles. The number of benzene rings is 1. The van der Waals surface area contributed by atoms with E-state index in [2.05, 4.69) is 19.9 Å².